The van der Waals surface area contributed by atoms with Crippen LogP contribution in [0.2, 0.25) is 0 Å². The fourth-order valence-corrected chi connectivity index (χ4v) is 3.96. The minimum atomic E-state index is 0.553. The Morgan fingerprint density at radius 3 is 2.76 bits per heavy atom. The molecule has 2 aliphatic rings. The molecule has 0 amide bonds. The molecule has 0 spiro atoms. The van der Waals surface area contributed by atoms with Gasteiger partial charge in [-0.15, -0.1) is 0 Å². The zero-order valence-electron chi connectivity index (χ0n) is 12.3. The van der Waals surface area contributed by atoms with Crippen LogP contribution in [0.1, 0.15) is 30.4 Å². The van der Waals surface area contributed by atoms with Crippen LogP contribution in [0, 0.1) is 5.92 Å². The molecule has 2 nitrogen and oxygen atoms in total. The Morgan fingerprint density at radius 2 is 1.86 bits per heavy atom. The standard InChI is InChI=1S/C19H22N2/c20-12-14-5-3-7-19(14)21-16-8-9-18-15(11-16)10-13-4-1-2-6-17(13)18/h1-2,4,6,8-9,11,14,19,21H,3,5,7,10,12,20H2. The highest BCUT2D eigenvalue weighted by atomic mass is 14.9. The molecule has 1 saturated carbocycles. The van der Waals surface area contributed by atoms with Gasteiger partial charge in [0.15, 0.2) is 0 Å². The van der Waals surface area contributed by atoms with Crippen molar-refractivity contribution >= 4 is 5.69 Å². The molecule has 2 atom stereocenters. The van der Waals surface area contributed by atoms with Crippen molar-refractivity contribution in [1.29, 1.82) is 0 Å². The summed E-state index contributed by atoms with van der Waals surface area (Å²) in [6.07, 6.45) is 4.88. The molecular weight excluding hydrogens is 256 g/mol. The molecule has 4 rings (SSSR count). The van der Waals surface area contributed by atoms with Gasteiger partial charge in [0.05, 0.1) is 0 Å². The number of nitrogens with two attached hydrogens (primary N) is 1. The second-order valence-electron chi connectivity index (χ2n) is 6.38. The molecule has 3 N–H and O–H groups in total. The molecule has 0 bridgehead atoms. The van der Waals surface area contributed by atoms with E-state index >= 15 is 0 Å². The molecule has 2 heteroatoms. The summed E-state index contributed by atoms with van der Waals surface area (Å²) in [5, 5.41) is 3.72. The van der Waals surface area contributed by atoms with Crippen molar-refractivity contribution < 1.29 is 0 Å². The maximum Gasteiger partial charge on any atom is 0.0345 e. The molecule has 0 radical (unpaired) electrons. The smallest absolute Gasteiger partial charge is 0.0345 e. The third kappa shape index (κ3) is 2.24. The van der Waals surface area contributed by atoms with Gasteiger partial charge < -0.3 is 11.1 Å². The van der Waals surface area contributed by atoms with Crippen LogP contribution in [0.3, 0.4) is 0 Å². The van der Waals surface area contributed by atoms with Gasteiger partial charge >= 0.3 is 0 Å². The van der Waals surface area contributed by atoms with Crippen LogP contribution in [0.4, 0.5) is 5.69 Å². The van der Waals surface area contributed by atoms with Gasteiger partial charge in [0.25, 0.3) is 0 Å². The summed E-state index contributed by atoms with van der Waals surface area (Å²) in [5.74, 6) is 0.635. The van der Waals surface area contributed by atoms with Crippen LogP contribution >= 0.6 is 0 Å². The number of fused-ring (bicyclic) bond motifs is 3. The molecule has 0 saturated heterocycles. The number of anilines is 1. The summed E-state index contributed by atoms with van der Waals surface area (Å²) in [6.45, 7) is 0.800. The third-order valence-corrected chi connectivity index (χ3v) is 5.11. The van der Waals surface area contributed by atoms with Gasteiger partial charge in [0.1, 0.15) is 0 Å². The van der Waals surface area contributed by atoms with Crippen molar-refractivity contribution in [3.8, 4) is 11.1 Å². The Morgan fingerprint density at radius 1 is 1.00 bits per heavy atom. The molecule has 1 fully saturated rings. The summed E-state index contributed by atoms with van der Waals surface area (Å²) in [7, 11) is 0. The van der Waals surface area contributed by atoms with Gasteiger partial charge in [-0.25, -0.2) is 0 Å². The molecule has 2 aromatic rings. The molecule has 2 aromatic carbocycles. The molecule has 0 aliphatic heterocycles. The topological polar surface area (TPSA) is 38.0 Å². The Hall–Kier alpha value is -1.80. The quantitative estimate of drug-likeness (QED) is 0.765. The average Bonchev–Trinajstić information content (AvgIpc) is 3.10. The van der Waals surface area contributed by atoms with Crippen LogP contribution in [0.15, 0.2) is 42.5 Å². The second kappa shape index (κ2) is 5.19. The summed E-state index contributed by atoms with van der Waals surface area (Å²) >= 11 is 0. The molecule has 21 heavy (non-hydrogen) atoms. The van der Waals surface area contributed by atoms with E-state index in [0.717, 1.165) is 13.0 Å². The number of nitrogens with one attached hydrogen (secondary N) is 1. The molecule has 2 unspecified atom stereocenters. The van der Waals surface area contributed by atoms with E-state index in [1.54, 1.807) is 0 Å². The number of rotatable bonds is 3. The van der Waals surface area contributed by atoms with Crippen molar-refractivity contribution in [3.05, 3.63) is 53.6 Å². The van der Waals surface area contributed by atoms with E-state index in [-0.39, 0.29) is 0 Å². The lowest BCUT2D eigenvalue weighted by Gasteiger charge is -2.21. The van der Waals surface area contributed by atoms with Crippen molar-refractivity contribution in [1.82, 2.24) is 0 Å². The average molecular weight is 278 g/mol. The van der Waals surface area contributed by atoms with Crippen LogP contribution in [0.5, 0.6) is 0 Å². The summed E-state index contributed by atoms with van der Waals surface area (Å²) in [5.41, 5.74) is 12.8. The summed E-state index contributed by atoms with van der Waals surface area (Å²) in [4.78, 5) is 0. The van der Waals surface area contributed by atoms with Crippen molar-refractivity contribution in [3.63, 3.8) is 0 Å². The molecule has 108 valence electrons. The Kier molecular flexibility index (Phi) is 3.19. The van der Waals surface area contributed by atoms with Crippen LogP contribution in [-0.4, -0.2) is 12.6 Å². The van der Waals surface area contributed by atoms with Gasteiger partial charge in [-0.3, -0.25) is 0 Å². The van der Waals surface area contributed by atoms with E-state index in [9.17, 15) is 0 Å². The van der Waals surface area contributed by atoms with E-state index in [0.29, 0.717) is 12.0 Å². The minimum absolute atomic E-state index is 0.553. The fourth-order valence-electron chi connectivity index (χ4n) is 3.96. The van der Waals surface area contributed by atoms with Crippen molar-refractivity contribution in [2.24, 2.45) is 11.7 Å². The van der Waals surface area contributed by atoms with Crippen LogP contribution in [-0.2, 0) is 6.42 Å². The van der Waals surface area contributed by atoms with Crippen LogP contribution in [0.25, 0.3) is 11.1 Å². The fraction of sp³-hybridized carbons (Fsp3) is 0.368. The maximum atomic E-state index is 5.89. The first kappa shape index (κ1) is 12.9. The Balaban J connectivity index is 1.59. The first-order valence-electron chi connectivity index (χ1n) is 8.03. The first-order chi connectivity index (χ1) is 10.3. The lowest BCUT2D eigenvalue weighted by molar-refractivity contribution is 0.516. The SMILES string of the molecule is NCC1CCCC1Nc1ccc2c(c1)Cc1ccccc1-2. The second-order valence-corrected chi connectivity index (χ2v) is 6.38. The first-order valence-corrected chi connectivity index (χ1v) is 8.03. The summed E-state index contributed by atoms with van der Waals surface area (Å²) < 4.78 is 0. The highest BCUT2D eigenvalue weighted by Crippen LogP contribution is 2.38. The predicted octanol–water partition coefficient (Wildman–Crippen LogP) is 3.80. The zero-order chi connectivity index (χ0) is 14.2. The lowest BCUT2D eigenvalue weighted by Crippen LogP contribution is -2.29. The van der Waals surface area contributed by atoms with E-state index in [1.165, 1.54) is 47.2 Å². The molecular formula is C19H22N2. The van der Waals surface area contributed by atoms with Gasteiger partial charge in [0.2, 0.25) is 0 Å². The van der Waals surface area contributed by atoms with Gasteiger partial charge in [-0.05, 0) is 66.1 Å². The normalized spacial score (nSPS) is 22.9. The number of benzene rings is 2. The van der Waals surface area contributed by atoms with Gasteiger partial charge in [-0.1, -0.05) is 36.8 Å². The molecule has 0 aromatic heterocycles. The highest BCUT2D eigenvalue weighted by Gasteiger charge is 2.26. The summed E-state index contributed by atoms with van der Waals surface area (Å²) in [6, 6.07) is 16.1. The largest absolute Gasteiger partial charge is 0.382 e. The lowest BCUT2D eigenvalue weighted by atomic mass is 10.0. The van der Waals surface area contributed by atoms with Crippen molar-refractivity contribution in [2.45, 2.75) is 31.7 Å². The number of hydrogen-bond acceptors (Lipinski definition) is 2. The zero-order valence-corrected chi connectivity index (χ0v) is 12.3. The Bertz CT molecular complexity index is 662. The Labute approximate surface area is 126 Å². The van der Waals surface area contributed by atoms with E-state index in [2.05, 4.69) is 47.8 Å². The minimum Gasteiger partial charge on any atom is -0.382 e. The van der Waals surface area contributed by atoms with Crippen molar-refractivity contribution in [2.75, 3.05) is 11.9 Å². The van der Waals surface area contributed by atoms with E-state index in [1.807, 2.05) is 0 Å². The monoisotopic (exact) mass is 278 g/mol. The third-order valence-electron chi connectivity index (χ3n) is 5.11. The van der Waals surface area contributed by atoms with E-state index in [4.69, 9.17) is 5.73 Å². The molecule has 2 aliphatic carbocycles. The maximum absolute atomic E-state index is 5.89. The highest BCUT2D eigenvalue weighted by molar-refractivity contribution is 5.78. The van der Waals surface area contributed by atoms with Gasteiger partial charge in [-0.2, -0.15) is 0 Å². The van der Waals surface area contributed by atoms with Gasteiger partial charge in [0, 0.05) is 11.7 Å². The van der Waals surface area contributed by atoms with Crippen LogP contribution < -0.4 is 11.1 Å². The number of hydrogen-bond donors (Lipinski definition) is 2. The predicted molar refractivity (Wildman–Crippen MR) is 88.5 cm³/mol. The molecule has 0 heterocycles. The van der Waals surface area contributed by atoms with E-state index < -0.39 is 0 Å².